The van der Waals surface area contributed by atoms with Crippen LogP contribution in [0, 0.1) is 13.8 Å². The first-order valence-corrected chi connectivity index (χ1v) is 11.7. The Morgan fingerprint density at radius 2 is 1.21 bits per heavy atom. The SMILES string of the molecule is Br.CCCCCCCCCCCCc1ccc(-c2ccccc2P)c(C)c1C. The van der Waals surface area contributed by atoms with Crippen molar-refractivity contribution in [2.75, 3.05) is 0 Å². The summed E-state index contributed by atoms with van der Waals surface area (Å²) in [5.74, 6) is 0. The molecule has 0 aliphatic heterocycles. The number of benzene rings is 2. The van der Waals surface area contributed by atoms with Crippen LogP contribution in [0.2, 0.25) is 0 Å². The van der Waals surface area contributed by atoms with Gasteiger partial charge in [-0.3, -0.25) is 0 Å². The molecule has 0 aliphatic carbocycles. The van der Waals surface area contributed by atoms with Gasteiger partial charge in [0.2, 0.25) is 0 Å². The Morgan fingerprint density at radius 3 is 1.82 bits per heavy atom. The summed E-state index contributed by atoms with van der Waals surface area (Å²) in [4.78, 5) is 0. The van der Waals surface area contributed by atoms with Crippen LogP contribution in [-0.4, -0.2) is 0 Å². The Bertz CT molecular complexity index is 693. The molecule has 2 aromatic carbocycles. The Hall–Kier alpha value is -0.650. The second-order valence-corrected chi connectivity index (χ2v) is 8.66. The molecule has 1 atom stereocenters. The van der Waals surface area contributed by atoms with Gasteiger partial charge in [0, 0.05) is 0 Å². The highest BCUT2D eigenvalue weighted by atomic mass is 79.9. The van der Waals surface area contributed by atoms with Crippen LogP contribution in [0.1, 0.15) is 87.8 Å². The first kappa shape index (κ1) is 25.4. The van der Waals surface area contributed by atoms with Gasteiger partial charge in [-0.1, -0.05) is 101 Å². The Balaban J connectivity index is 0.00000392. The number of halogens is 1. The maximum atomic E-state index is 2.87. The Kier molecular flexibility index (Phi) is 13.0. The summed E-state index contributed by atoms with van der Waals surface area (Å²) in [5.41, 5.74) is 7.18. The molecule has 2 rings (SSSR count). The molecule has 1 unspecified atom stereocenters. The molecule has 0 amide bonds. The van der Waals surface area contributed by atoms with E-state index in [0.29, 0.717) is 0 Å². The van der Waals surface area contributed by atoms with Crippen molar-refractivity contribution in [1.82, 2.24) is 0 Å². The average Bonchev–Trinajstić information content (AvgIpc) is 2.67. The van der Waals surface area contributed by atoms with Crippen LogP contribution >= 0.6 is 26.2 Å². The second kappa shape index (κ2) is 14.4. The first-order chi connectivity index (χ1) is 13.1. The quantitative estimate of drug-likeness (QED) is 0.219. The van der Waals surface area contributed by atoms with Crippen molar-refractivity contribution in [3.05, 3.63) is 53.1 Å². The van der Waals surface area contributed by atoms with Crippen LogP contribution in [0.4, 0.5) is 0 Å². The molecule has 2 aromatic rings. The van der Waals surface area contributed by atoms with Crippen LogP contribution in [0.15, 0.2) is 36.4 Å². The molecule has 0 nitrogen and oxygen atoms in total. The third-order valence-corrected chi connectivity index (χ3v) is 6.45. The average molecular weight is 463 g/mol. The van der Waals surface area contributed by atoms with Crippen LogP contribution in [-0.2, 0) is 6.42 Å². The van der Waals surface area contributed by atoms with Gasteiger partial charge in [-0.25, -0.2) is 0 Å². The number of rotatable bonds is 12. The largest absolute Gasteiger partial charge is 0.114 e. The van der Waals surface area contributed by atoms with E-state index in [0.717, 1.165) is 0 Å². The number of hydrogen-bond donors (Lipinski definition) is 0. The number of aryl methyl sites for hydroxylation is 1. The van der Waals surface area contributed by atoms with Crippen molar-refractivity contribution in [3.63, 3.8) is 0 Å². The maximum Gasteiger partial charge on any atom is -0.0110 e. The second-order valence-electron chi connectivity index (χ2n) is 8.04. The minimum atomic E-state index is 0. The van der Waals surface area contributed by atoms with E-state index in [9.17, 15) is 0 Å². The lowest BCUT2D eigenvalue weighted by Crippen LogP contribution is -2.00. The number of unbranched alkanes of at least 4 members (excludes halogenated alkanes) is 9. The van der Waals surface area contributed by atoms with Crippen LogP contribution in [0.25, 0.3) is 11.1 Å². The van der Waals surface area contributed by atoms with Gasteiger partial charge in [0.05, 0.1) is 0 Å². The van der Waals surface area contributed by atoms with Gasteiger partial charge in [-0.2, -0.15) is 0 Å². The van der Waals surface area contributed by atoms with Gasteiger partial charge in [-0.05, 0) is 59.8 Å². The fraction of sp³-hybridized carbons (Fsp3) is 0.538. The number of hydrogen-bond acceptors (Lipinski definition) is 0. The lowest BCUT2D eigenvalue weighted by Gasteiger charge is -2.15. The Morgan fingerprint density at radius 1 is 0.643 bits per heavy atom. The van der Waals surface area contributed by atoms with E-state index in [1.807, 2.05) is 0 Å². The molecule has 156 valence electrons. The van der Waals surface area contributed by atoms with E-state index in [1.54, 1.807) is 0 Å². The maximum absolute atomic E-state index is 2.87. The smallest absolute Gasteiger partial charge is 0.0110 e. The van der Waals surface area contributed by atoms with Gasteiger partial charge in [0.1, 0.15) is 0 Å². The van der Waals surface area contributed by atoms with Gasteiger partial charge < -0.3 is 0 Å². The minimum absolute atomic E-state index is 0. The molecule has 0 fully saturated rings. The molecule has 0 heterocycles. The molecular formula is C26H40BrP. The molecule has 0 aromatic heterocycles. The zero-order chi connectivity index (χ0) is 19.5. The van der Waals surface area contributed by atoms with E-state index in [2.05, 4.69) is 66.4 Å². The molecule has 0 radical (unpaired) electrons. The van der Waals surface area contributed by atoms with E-state index in [4.69, 9.17) is 0 Å². The van der Waals surface area contributed by atoms with Gasteiger partial charge in [0.25, 0.3) is 0 Å². The summed E-state index contributed by atoms with van der Waals surface area (Å²) in [5, 5.41) is 1.28. The van der Waals surface area contributed by atoms with Crippen molar-refractivity contribution in [1.29, 1.82) is 0 Å². The van der Waals surface area contributed by atoms with Gasteiger partial charge >= 0.3 is 0 Å². The summed E-state index contributed by atoms with van der Waals surface area (Å²) in [6, 6.07) is 13.3. The van der Waals surface area contributed by atoms with Crippen molar-refractivity contribution in [3.8, 4) is 11.1 Å². The summed E-state index contributed by atoms with van der Waals surface area (Å²) in [6.07, 6.45) is 15.3. The van der Waals surface area contributed by atoms with Crippen molar-refractivity contribution in [2.24, 2.45) is 0 Å². The fourth-order valence-electron chi connectivity index (χ4n) is 3.98. The van der Waals surface area contributed by atoms with Crippen molar-refractivity contribution in [2.45, 2.75) is 91.4 Å². The van der Waals surface area contributed by atoms with E-state index >= 15 is 0 Å². The van der Waals surface area contributed by atoms with E-state index in [-0.39, 0.29) is 17.0 Å². The highest BCUT2D eigenvalue weighted by Gasteiger charge is 2.09. The van der Waals surface area contributed by atoms with Crippen LogP contribution in [0.5, 0.6) is 0 Å². The predicted molar refractivity (Wildman–Crippen MR) is 137 cm³/mol. The highest BCUT2D eigenvalue weighted by Crippen LogP contribution is 2.28. The normalized spacial score (nSPS) is 10.7. The van der Waals surface area contributed by atoms with E-state index < -0.39 is 0 Å². The molecule has 0 saturated carbocycles. The van der Waals surface area contributed by atoms with Crippen LogP contribution in [0.3, 0.4) is 0 Å². The van der Waals surface area contributed by atoms with Gasteiger partial charge in [0.15, 0.2) is 0 Å². The fourth-order valence-corrected chi connectivity index (χ4v) is 4.35. The molecular weight excluding hydrogens is 423 g/mol. The summed E-state index contributed by atoms with van der Waals surface area (Å²) >= 11 is 0. The summed E-state index contributed by atoms with van der Waals surface area (Å²) < 4.78 is 0. The lowest BCUT2D eigenvalue weighted by molar-refractivity contribution is 0.556. The molecule has 0 N–H and O–H groups in total. The van der Waals surface area contributed by atoms with Gasteiger partial charge in [-0.15, -0.1) is 26.2 Å². The molecule has 0 bridgehead atoms. The van der Waals surface area contributed by atoms with Crippen molar-refractivity contribution >= 4 is 31.5 Å². The van der Waals surface area contributed by atoms with Crippen molar-refractivity contribution < 1.29 is 0 Å². The topological polar surface area (TPSA) is 0 Å². The Labute approximate surface area is 186 Å². The van der Waals surface area contributed by atoms with Crippen LogP contribution < -0.4 is 5.30 Å². The third-order valence-electron chi connectivity index (χ3n) is 5.95. The monoisotopic (exact) mass is 462 g/mol. The molecule has 28 heavy (non-hydrogen) atoms. The zero-order valence-electron chi connectivity index (χ0n) is 18.2. The molecule has 0 saturated heterocycles. The standard InChI is InChI=1S/C26H39P.BrH/c1-4-5-6-7-8-9-10-11-12-13-16-23-19-20-24(22(3)21(23)2)25-17-14-15-18-26(25)27;/h14-15,17-20H,4-13,16,27H2,1-3H3;1H. The first-order valence-electron chi connectivity index (χ1n) is 11.1. The molecule has 2 heteroatoms. The molecule has 0 aliphatic rings. The highest BCUT2D eigenvalue weighted by molar-refractivity contribution is 8.93. The summed E-state index contributed by atoms with van der Waals surface area (Å²) in [6.45, 7) is 6.87. The zero-order valence-corrected chi connectivity index (χ0v) is 21.1. The minimum Gasteiger partial charge on any atom is -0.114 e. The summed E-state index contributed by atoms with van der Waals surface area (Å²) in [7, 11) is 2.87. The van der Waals surface area contributed by atoms with E-state index in [1.165, 1.54) is 104 Å². The third kappa shape index (κ3) is 8.00. The predicted octanol–water partition coefficient (Wildman–Crippen LogP) is 8.51. The lowest BCUT2D eigenvalue weighted by atomic mass is 9.91. The molecule has 0 spiro atoms.